The number of benzene rings is 1. The number of aliphatic hydroxyl groups is 1. The molecular weight excluding hydrogens is 296 g/mol. The number of aliphatic carboxylic acids is 1. The molecule has 0 amide bonds. The van der Waals surface area contributed by atoms with Gasteiger partial charge >= 0.3 is 5.97 Å². The van der Waals surface area contributed by atoms with Gasteiger partial charge < -0.3 is 10.2 Å². The fourth-order valence-corrected chi connectivity index (χ4v) is 3.40. The topological polar surface area (TPSA) is 74.6 Å². The molecule has 0 fully saturated rings. The van der Waals surface area contributed by atoms with Crippen molar-refractivity contribution in [3.8, 4) is 0 Å². The summed E-state index contributed by atoms with van der Waals surface area (Å²) < 4.78 is 0.919. The van der Waals surface area contributed by atoms with Gasteiger partial charge in [0.1, 0.15) is 0 Å². The maximum Gasteiger partial charge on any atom is 0.371 e. The summed E-state index contributed by atoms with van der Waals surface area (Å²) in [4.78, 5) is 23.6. The third kappa shape index (κ3) is 3.72. The molecule has 0 aliphatic heterocycles. The van der Waals surface area contributed by atoms with Crippen LogP contribution in [0.4, 0.5) is 0 Å². The standard InChI is InChI=1S/C14H10O4S2/c15-10(8-11(16)14(17)18)12-6-7-13(20-12)19-9-4-2-1-3-5-9/h1-8,16H,(H,17,18)/b11-8-. The zero-order valence-corrected chi connectivity index (χ0v) is 11.8. The van der Waals surface area contributed by atoms with Gasteiger partial charge in [-0.05, 0) is 24.3 Å². The molecule has 4 nitrogen and oxygen atoms in total. The second kappa shape index (κ2) is 6.40. The molecule has 1 aromatic carbocycles. The van der Waals surface area contributed by atoms with Crippen molar-refractivity contribution in [3.63, 3.8) is 0 Å². The Kier molecular flexibility index (Phi) is 4.60. The van der Waals surface area contributed by atoms with E-state index >= 15 is 0 Å². The predicted molar refractivity (Wildman–Crippen MR) is 77.6 cm³/mol. The summed E-state index contributed by atoms with van der Waals surface area (Å²) in [6, 6.07) is 13.1. The second-order valence-electron chi connectivity index (χ2n) is 3.73. The van der Waals surface area contributed by atoms with Crippen LogP contribution in [0.3, 0.4) is 0 Å². The van der Waals surface area contributed by atoms with E-state index in [4.69, 9.17) is 10.2 Å². The molecule has 0 spiro atoms. The molecule has 20 heavy (non-hydrogen) atoms. The summed E-state index contributed by atoms with van der Waals surface area (Å²) in [6.45, 7) is 0. The van der Waals surface area contributed by atoms with Crippen molar-refractivity contribution in [2.45, 2.75) is 9.10 Å². The highest BCUT2D eigenvalue weighted by Crippen LogP contribution is 2.33. The van der Waals surface area contributed by atoms with Crippen LogP contribution < -0.4 is 0 Å². The average molecular weight is 306 g/mol. The Morgan fingerprint density at radius 3 is 2.40 bits per heavy atom. The number of carbonyl (C=O) groups excluding carboxylic acids is 1. The molecule has 0 saturated heterocycles. The van der Waals surface area contributed by atoms with Gasteiger partial charge in [0.2, 0.25) is 5.76 Å². The number of thiophene rings is 1. The molecule has 0 atom stereocenters. The van der Waals surface area contributed by atoms with Crippen molar-refractivity contribution < 1.29 is 19.8 Å². The first-order valence-corrected chi connectivity index (χ1v) is 7.20. The van der Waals surface area contributed by atoms with Gasteiger partial charge in [0, 0.05) is 11.0 Å². The number of ketones is 1. The van der Waals surface area contributed by atoms with E-state index in [1.165, 1.54) is 23.1 Å². The van der Waals surface area contributed by atoms with Crippen LogP contribution >= 0.6 is 23.1 Å². The van der Waals surface area contributed by atoms with E-state index < -0.39 is 17.5 Å². The van der Waals surface area contributed by atoms with Crippen LogP contribution in [0.25, 0.3) is 0 Å². The highest BCUT2D eigenvalue weighted by molar-refractivity contribution is 8.01. The monoisotopic (exact) mass is 306 g/mol. The lowest BCUT2D eigenvalue weighted by Crippen LogP contribution is -2.02. The predicted octanol–water partition coefficient (Wildman–Crippen LogP) is 3.61. The van der Waals surface area contributed by atoms with Crippen LogP contribution in [0, 0.1) is 0 Å². The quantitative estimate of drug-likeness (QED) is 0.501. The molecular formula is C14H10O4S2. The number of hydrogen-bond donors (Lipinski definition) is 2. The van der Waals surface area contributed by atoms with Crippen molar-refractivity contribution >= 4 is 34.9 Å². The van der Waals surface area contributed by atoms with Crippen molar-refractivity contribution in [3.05, 3.63) is 59.2 Å². The zero-order valence-electron chi connectivity index (χ0n) is 10.1. The molecule has 1 aromatic heterocycles. The smallest absolute Gasteiger partial charge is 0.371 e. The Bertz CT molecular complexity index is 659. The summed E-state index contributed by atoms with van der Waals surface area (Å²) in [5.41, 5.74) is 0. The number of hydrogen-bond acceptors (Lipinski definition) is 5. The van der Waals surface area contributed by atoms with E-state index in [0.29, 0.717) is 11.0 Å². The maximum atomic E-state index is 11.7. The van der Waals surface area contributed by atoms with Crippen LogP contribution in [0.1, 0.15) is 9.67 Å². The first kappa shape index (κ1) is 14.4. The third-order valence-corrected chi connectivity index (χ3v) is 4.51. The van der Waals surface area contributed by atoms with E-state index in [-0.39, 0.29) is 0 Å². The molecule has 0 aliphatic rings. The highest BCUT2D eigenvalue weighted by Gasteiger charge is 2.12. The number of rotatable bonds is 5. The van der Waals surface area contributed by atoms with Crippen molar-refractivity contribution in [2.24, 2.45) is 0 Å². The molecule has 102 valence electrons. The minimum absolute atomic E-state index is 0.385. The Hall–Kier alpha value is -2.05. The average Bonchev–Trinajstić information content (AvgIpc) is 2.88. The van der Waals surface area contributed by atoms with Crippen LogP contribution in [0.5, 0.6) is 0 Å². The van der Waals surface area contributed by atoms with Crippen molar-refractivity contribution in [2.75, 3.05) is 0 Å². The molecule has 0 unspecified atom stereocenters. The van der Waals surface area contributed by atoms with E-state index in [1.807, 2.05) is 30.3 Å². The van der Waals surface area contributed by atoms with Gasteiger partial charge in [-0.15, -0.1) is 11.3 Å². The largest absolute Gasteiger partial charge is 0.502 e. The summed E-state index contributed by atoms with van der Waals surface area (Å²) in [5.74, 6) is -3.00. The van der Waals surface area contributed by atoms with Crippen LogP contribution in [-0.2, 0) is 4.79 Å². The molecule has 0 aliphatic carbocycles. The number of carboxylic acids is 1. The summed E-state index contributed by atoms with van der Waals surface area (Å²) in [5, 5.41) is 17.5. The Morgan fingerprint density at radius 1 is 1.05 bits per heavy atom. The molecule has 2 aromatic rings. The Balaban J connectivity index is 2.11. The van der Waals surface area contributed by atoms with Gasteiger partial charge in [-0.2, -0.15) is 0 Å². The molecule has 2 N–H and O–H groups in total. The van der Waals surface area contributed by atoms with E-state index in [2.05, 4.69) is 0 Å². The van der Waals surface area contributed by atoms with Gasteiger partial charge in [-0.3, -0.25) is 4.79 Å². The van der Waals surface area contributed by atoms with Crippen LogP contribution in [-0.4, -0.2) is 22.0 Å². The molecule has 1 heterocycles. The lowest BCUT2D eigenvalue weighted by Gasteiger charge is -1.96. The number of carbonyl (C=O) groups is 2. The van der Waals surface area contributed by atoms with Gasteiger partial charge in [0.25, 0.3) is 0 Å². The van der Waals surface area contributed by atoms with Crippen molar-refractivity contribution in [1.82, 2.24) is 0 Å². The van der Waals surface area contributed by atoms with E-state index in [0.717, 1.165) is 9.10 Å². The fraction of sp³-hybridized carbons (Fsp3) is 0. The minimum Gasteiger partial charge on any atom is -0.502 e. The van der Waals surface area contributed by atoms with E-state index in [9.17, 15) is 9.59 Å². The Morgan fingerprint density at radius 2 is 1.75 bits per heavy atom. The Labute approximate surface area is 123 Å². The van der Waals surface area contributed by atoms with Gasteiger partial charge in [0.05, 0.1) is 9.09 Å². The number of aliphatic hydroxyl groups excluding tert-OH is 1. The SMILES string of the molecule is O=C(O)/C(O)=C/C(=O)c1ccc(Sc2ccccc2)s1. The van der Waals surface area contributed by atoms with Gasteiger partial charge in [0.15, 0.2) is 5.78 Å². The molecule has 2 rings (SSSR count). The summed E-state index contributed by atoms with van der Waals surface area (Å²) >= 11 is 2.77. The maximum absolute atomic E-state index is 11.7. The van der Waals surface area contributed by atoms with E-state index in [1.54, 1.807) is 12.1 Å². The van der Waals surface area contributed by atoms with Crippen LogP contribution in [0.2, 0.25) is 0 Å². The summed E-state index contributed by atoms with van der Waals surface area (Å²) in [7, 11) is 0. The highest BCUT2D eigenvalue weighted by atomic mass is 32.2. The first-order valence-electron chi connectivity index (χ1n) is 5.57. The number of carboxylic acid groups (broad SMARTS) is 1. The normalized spacial score (nSPS) is 11.3. The second-order valence-corrected chi connectivity index (χ2v) is 6.19. The third-order valence-electron chi connectivity index (χ3n) is 2.27. The minimum atomic E-state index is -1.52. The molecule has 6 heteroatoms. The van der Waals surface area contributed by atoms with Gasteiger partial charge in [-0.25, -0.2) is 4.79 Å². The lowest BCUT2D eigenvalue weighted by atomic mass is 10.3. The van der Waals surface area contributed by atoms with Gasteiger partial charge in [-0.1, -0.05) is 30.0 Å². The zero-order chi connectivity index (χ0) is 14.5. The lowest BCUT2D eigenvalue weighted by molar-refractivity contribution is -0.135. The molecule has 0 radical (unpaired) electrons. The summed E-state index contributed by atoms with van der Waals surface area (Å²) in [6.07, 6.45) is 0.713. The molecule has 0 bridgehead atoms. The van der Waals surface area contributed by atoms with Crippen molar-refractivity contribution in [1.29, 1.82) is 0 Å². The first-order chi connectivity index (χ1) is 9.56. The van der Waals surface area contributed by atoms with Crippen LogP contribution in [0.15, 0.2) is 63.4 Å². The molecule has 0 saturated carbocycles. The number of allylic oxidation sites excluding steroid dienone is 1. The fourth-order valence-electron chi connectivity index (χ4n) is 1.37.